The predicted molar refractivity (Wildman–Crippen MR) is 93.0 cm³/mol. The molecule has 2 fully saturated rings. The maximum Gasteiger partial charge on any atom is 0.326 e. The molecule has 24 heavy (non-hydrogen) atoms. The van der Waals surface area contributed by atoms with Crippen molar-refractivity contribution in [3.8, 4) is 0 Å². The Balaban J connectivity index is 1.64. The zero-order chi connectivity index (χ0) is 16.7. The maximum atomic E-state index is 12.9. The molecule has 1 saturated heterocycles. The van der Waals surface area contributed by atoms with Gasteiger partial charge < -0.3 is 15.6 Å². The second kappa shape index (κ2) is 6.09. The van der Waals surface area contributed by atoms with E-state index in [1.165, 1.54) is 12.8 Å². The Morgan fingerprint density at radius 2 is 2.08 bits per heavy atom. The van der Waals surface area contributed by atoms with E-state index in [-0.39, 0.29) is 17.6 Å². The number of hydrogen-bond acceptors (Lipinski definition) is 3. The fourth-order valence-electron chi connectivity index (χ4n) is 3.72. The SMILES string of the molecule is NCC1CCCCN1C(=O)c1ccc2c(c1)[nH]c(=O)n2CC1CC1. The zero-order valence-electron chi connectivity index (χ0n) is 13.8. The number of hydrogen-bond donors (Lipinski definition) is 2. The molecule has 1 amide bonds. The van der Waals surface area contributed by atoms with Gasteiger partial charge in [0.25, 0.3) is 5.91 Å². The van der Waals surface area contributed by atoms with E-state index in [9.17, 15) is 9.59 Å². The summed E-state index contributed by atoms with van der Waals surface area (Å²) in [4.78, 5) is 29.8. The first-order chi connectivity index (χ1) is 11.7. The van der Waals surface area contributed by atoms with Gasteiger partial charge in [-0.1, -0.05) is 0 Å². The molecule has 1 aliphatic carbocycles. The van der Waals surface area contributed by atoms with Crippen LogP contribution in [-0.2, 0) is 6.54 Å². The monoisotopic (exact) mass is 328 g/mol. The standard InChI is InChI=1S/C18H24N4O2/c19-10-14-3-1-2-8-21(14)17(23)13-6-7-16-15(9-13)20-18(24)22(16)11-12-4-5-12/h6-7,9,12,14H,1-5,8,10-11,19H2,(H,20,24). The fourth-order valence-corrected chi connectivity index (χ4v) is 3.72. The average molecular weight is 328 g/mol. The highest BCUT2D eigenvalue weighted by molar-refractivity contribution is 5.97. The molecule has 0 bridgehead atoms. The number of piperidine rings is 1. The summed E-state index contributed by atoms with van der Waals surface area (Å²) in [6.07, 6.45) is 5.52. The number of nitrogens with zero attached hydrogens (tertiary/aromatic N) is 2. The van der Waals surface area contributed by atoms with Crippen LogP contribution in [0.2, 0.25) is 0 Å². The number of imidazole rings is 1. The van der Waals surface area contributed by atoms with Crippen molar-refractivity contribution in [1.82, 2.24) is 14.5 Å². The number of carbonyl (C=O) groups is 1. The van der Waals surface area contributed by atoms with E-state index in [4.69, 9.17) is 5.73 Å². The minimum atomic E-state index is -0.0840. The van der Waals surface area contributed by atoms with Gasteiger partial charge in [0.15, 0.2) is 0 Å². The first-order valence-corrected chi connectivity index (χ1v) is 8.91. The lowest BCUT2D eigenvalue weighted by Gasteiger charge is -2.35. The van der Waals surface area contributed by atoms with Gasteiger partial charge in [-0.25, -0.2) is 4.79 Å². The summed E-state index contributed by atoms with van der Waals surface area (Å²) in [5.74, 6) is 0.643. The smallest absolute Gasteiger partial charge is 0.326 e. The number of H-pyrrole nitrogens is 1. The number of aromatic nitrogens is 2. The molecule has 1 aliphatic heterocycles. The van der Waals surface area contributed by atoms with Crippen LogP contribution in [0.1, 0.15) is 42.5 Å². The van der Waals surface area contributed by atoms with Gasteiger partial charge >= 0.3 is 5.69 Å². The van der Waals surface area contributed by atoms with E-state index in [2.05, 4.69) is 4.98 Å². The number of aromatic amines is 1. The molecular formula is C18H24N4O2. The molecule has 1 aromatic heterocycles. The number of benzene rings is 1. The van der Waals surface area contributed by atoms with Gasteiger partial charge in [-0.2, -0.15) is 0 Å². The van der Waals surface area contributed by atoms with Gasteiger partial charge in [-0.05, 0) is 56.2 Å². The predicted octanol–water partition coefficient (Wildman–Crippen LogP) is 1.69. The van der Waals surface area contributed by atoms with Crippen LogP contribution in [-0.4, -0.2) is 39.5 Å². The maximum absolute atomic E-state index is 12.9. The molecule has 1 unspecified atom stereocenters. The lowest BCUT2D eigenvalue weighted by atomic mass is 10.0. The van der Waals surface area contributed by atoms with Crippen molar-refractivity contribution in [2.24, 2.45) is 11.7 Å². The molecule has 4 rings (SSSR count). The Kier molecular flexibility index (Phi) is 3.92. The highest BCUT2D eigenvalue weighted by Gasteiger charge is 2.27. The molecule has 1 atom stereocenters. The van der Waals surface area contributed by atoms with Crippen molar-refractivity contribution in [3.05, 3.63) is 34.2 Å². The second-order valence-corrected chi connectivity index (χ2v) is 7.10. The zero-order valence-corrected chi connectivity index (χ0v) is 13.8. The highest BCUT2D eigenvalue weighted by Crippen LogP contribution is 2.31. The molecule has 2 aliphatic rings. The van der Waals surface area contributed by atoms with E-state index in [0.29, 0.717) is 18.0 Å². The van der Waals surface area contributed by atoms with Crippen LogP contribution in [0.25, 0.3) is 11.0 Å². The van der Waals surface area contributed by atoms with Gasteiger partial charge in [-0.15, -0.1) is 0 Å². The van der Waals surface area contributed by atoms with Crippen LogP contribution >= 0.6 is 0 Å². The number of nitrogens with one attached hydrogen (secondary N) is 1. The molecular weight excluding hydrogens is 304 g/mol. The van der Waals surface area contributed by atoms with Crippen LogP contribution < -0.4 is 11.4 Å². The number of amides is 1. The van der Waals surface area contributed by atoms with Crippen LogP contribution in [0.3, 0.4) is 0 Å². The largest absolute Gasteiger partial charge is 0.334 e. The Morgan fingerprint density at radius 3 is 2.83 bits per heavy atom. The Labute approximate surface area is 140 Å². The molecule has 2 aromatic rings. The molecule has 6 nitrogen and oxygen atoms in total. The topological polar surface area (TPSA) is 84.1 Å². The van der Waals surface area contributed by atoms with Gasteiger partial charge in [0.2, 0.25) is 0 Å². The molecule has 3 N–H and O–H groups in total. The van der Waals surface area contributed by atoms with Crippen LogP contribution in [0.4, 0.5) is 0 Å². The van der Waals surface area contributed by atoms with Crippen molar-refractivity contribution < 1.29 is 4.79 Å². The summed E-state index contributed by atoms with van der Waals surface area (Å²) in [5.41, 5.74) is 8.00. The average Bonchev–Trinajstić information content (AvgIpc) is 3.37. The number of likely N-dealkylation sites (tertiary alicyclic amines) is 1. The molecule has 0 radical (unpaired) electrons. The second-order valence-electron chi connectivity index (χ2n) is 7.10. The number of nitrogens with two attached hydrogens (primary N) is 1. The van der Waals surface area contributed by atoms with Crippen LogP contribution in [0.5, 0.6) is 0 Å². The fraction of sp³-hybridized carbons (Fsp3) is 0.556. The van der Waals surface area contributed by atoms with Gasteiger partial charge in [0.05, 0.1) is 11.0 Å². The Morgan fingerprint density at radius 1 is 1.25 bits per heavy atom. The summed E-state index contributed by atoms with van der Waals surface area (Å²) in [6, 6.07) is 5.67. The van der Waals surface area contributed by atoms with Crippen molar-refractivity contribution in [3.63, 3.8) is 0 Å². The normalized spacial score (nSPS) is 21.4. The molecule has 6 heteroatoms. The van der Waals surface area contributed by atoms with Crippen molar-refractivity contribution in [1.29, 1.82) is 0 Å². The summed E-state index contributed by atoms with van der Waals surface area (Å²) in [6.45, 7) is 2.04. The molecule has 2 heterocycles. The summed E-state index contributed by atoms with van der Waals surface area (Å²) in [7, 11) is 0. The van der Waals surface area contributed by atoms with Crippen LogP contribution in [0.15, 0.2) is 23.0 Å². The van der Waals surface area contributed by atoms with Gasteiger partial charge in [0, 0.05) is 31.2 Å². The molecule has 128 valence electrons. The van der Waals surface area contributed by atoms with E-state index < -0.39 is 0 Å². The summed E-state index contributed by atoms with van der Waals surface area (Å²) < 4.78 is 1.80. The number of fused-ring (bicyclic) bond motifs is 1. The number of rotatable bonds is 4. The molecule has 0 spiro atoms. The van der Waals surface area contributed by atoms with E-state index >= 15 is 0 Å². The highest BCUT2D eigenvalue weighted by atomic mass is 16.2. The molecule has 1 saturated carbocycles. The lowest BCUT2D eigenvalue weighted by molar-refractivity contribution is 0.0623. The Bertz CT molecular complexity index is 818. The van der Waals surface area contributed by atoms with Crippen molar-refractivity contribution in [2.45, 2.75) is 44.7 Å². The van der Waals surface area contributed by atoms with Crippen molar-refractivity contribution >= 4 is 16.9 Å². The van der Waals surface area contributed by atoms with E-state index in [1.807, 2.05) is 23.1 Å². The Hall–Kier alpha value is -2.08. The third kappa shape index (κ3) is 2.75. The molecule has 1 aromatic carbocycles. The van der Waals surface area contributed by atoms with E-state index in [1.54, 1.807) is 4.57 Å². The first kappa shape index (κ1) is 15.4. The first-order valence-electron chi connectivity index (χ1n) is 8.91. The third-order valence-electron chi connectivity index (χ3n) is 5.32. The van der Waals surface area contributed by atoms with Gasteiger partial charge in [-0.3, -0.25) is 9.36 Å². The summed E-state index contributed by atoms with van der Waals surface area (Å²) >= 11 is 0. The lowest BCUT2D eigenvalue weighted by Crippen LogP contribution is -2.47. The quantitative estimate of drug-likeness (QED) is 0.896. The van der Waals surface area contributed by atoms with E-state index in [0.717, 1.165) is 43.4 Å². The summed E-state index contributed by atoms with van der Waals surface area (Å²) in [5, 5.41) is 0. The minimum Gasteiger partial charge on any atom is -0.334 e. The number of carbonyl (C=O) groups excluding carboxylic acids is 1. The van der Waals surface area contributed by atoms with Crippen molar-refractivity contribution in [2.75, 3.05) is 13.1 Å². The third-order valence-corrected chi connectivity index (χ3v) is 5.32. The minimum absolute atomic E-state index is 0.0165. The van der Waals surface area contributed by atoms with Crippen LogP contribution in [0, 0.1) is 5.92 Å². The van der Waals surface area contributed by atoms with Gasteiger partial charge in [0.1, 0.15) is 0 Å².